The summed E-state index contributed by atoms with van der Waals surface area (Å²) < 4.78 is 22.5. The second-order valence-corrected chi connectivity index (χ2v) is 7.75. The number of aromatic nitrogens is 1. The summed E-state index contributed by atoms with van der Waals surface area (Å²) in [6, 6.07) is 16.9. The van der Waals surface area contributed by atoms with Gasteiger partial charge in [0.25, 0.3) is 0 Å². The lowest BCUT2D eigenvalue weighted by Crippen LogP contribution is -2.21. The Bertz CT molecular complexity index is 1240. The number of hydrogen-bond acceptors (Lipinski definition) is 8. The quantitative estimate of drug-likeness (QED) is 0.264. The molecule has 2 aromatic carbocycles. The summed E-state index contributed by atoms with van der Waals surface area (Å²) in [5, 5.41) is 14.6. The first-order valence-corrected chi connectivity index (χ1v) is 10.4. The number of rotatable bonds is 8. The lowest BCUT2D eigenvalue weighted by Gasteiger charge is -2.20. The largest absolute Gasteiger partial charge is 0.481 e. The van der Waals surface area contributed by atoms with Crippen molar-refractivity contribution in [2.24, 2.45) is 5.73 Å². The van der Waals surface area contributed by atoms with Crippen molar-refractivity contribution in [2.75, 3.05) is 19.0 Å². The first kappa shape index (κ1) is 21.2. The standard InChI is InChI=1S/C22H20N4O5S/c1-28-21-15(11-25-31-21)26-22(27)29-12-17(13-6-3-2-4-7-13)30-16-8-5-9-18-14(16)10-19(32-18)20(23)24/h2-11,17H,12H2,1H3,(H3,23,24)(H,26,27). The lowest BCUT2D eigenvalue weighted by molar-refractivity contribution is 0.0909. The number of nitrogens with zero attached hydrogens (tertiary/aromatic N) is 1. The predicted octanol–water partition coefficient (Wildman–Crippen LogP) is 4.55. The number of thiophene rings is 1. The molecule has 4 aromatic rings. The molecule has 0 aliphatic rings. The van der Waals surface area contributed by atoms with E-state index < -0.39 is 12.2 Å². The summed E-state index contributed by atoms with van der Waals surface area (Å²) in [7, 11) is 1.40. The van der Waals surface area contributed by atoms with Crippen LogP contribution in [-0.4, -0.2) is 30.8 Å². The molecule has 164 valence electrons. The molecule has 4 N–H and O–H groups in total. The fraction of sp³-hybridized carbons (Fsp3) is 0.136. The van der Waals surface area contributed by atoms with Crippen molar-refractivity contribution < 1.29 is 23.5 Å². The third kappa shape index (κ3) is 4.65. The maximum absolute atomic E-state index is 12.3. The number of carbonyl (C=O) groups is 1. The Morgan fingerprint density at radius 1 is 1.25 bits per heavy atom. The number of amides is 1. The molecule has 0 radical (unpaired) electrons. The van der Waals surface area contributed by atoms with Gasteiger partial charge in [0.15, 0.2) is 6.10 Å². The fourth-order valence-corrected chi connectivity index (χ4v) is 3.99. The van der Waals surface area contributed by atoms with Gasteiger partial charge < -0.3 is 24.5 Å². The molecule has 1 atom stereocenters. The van der Waals surface area contributed by atoms with Gasteiger partial charge in [0.2, 0.25) is 0 Å². The van der Waals surface area contributed by atoms with E-state index in [1.54, 1.807) is 0 Å². The van der Waals surface area contributed by atoms with Crippen molar-refractivity contribution in [2.45, 2.75) is 6.10 Å². The molecule has 0 saturated heterocycles. The van der Waals surface area contributed by atoms with E-state index in [-0.39, 0.29) is 24.1 Å². The zero-order chi connectivity index (χ0) is 22.5. The van der Waals surface area contributed by atoms with E-state index in [9.17, 15) is 4.79 Å². The number of benzene rings is 2. The normalized spacial score (nSPS) is 11.7. The Kier molecular flexibility index (Phi) is 6.22. The highest BCUT2D eigenvalue weighted by Crippen LogP contribution is 2.35. The van der Waals surface area contributed by atoms with Crippen LogP contribution in [0, 0.1) is 5.41 Å². The number of nitrogens with one attached hydrogen (secondary N) is 2. The topological polar surface area (TPSA) is 133 Å². The van der Waals surface area contributed by atoms with Gasteiger partial charge in [-0.15, -0.1) is 11.3 Å². The van der Waals surface area contributed by atoms with Gasteiger partial charge in [-0.3, -0.25) is 10.7 Å². The monoisotopic (exact) mass is 452 g/mol. The molecular formula is C22H20N4O5S. The number of fused-ring (bicyclic) bond motifs is 1. The third-order valence-corrected chi connectivity index (χ3v) is 5.69. The van der Waals surface area contributed by atoms with Gasteiger partial charge in [-0.25, -0.2) is 4.79 Å². The average Bonchev–Trinajstić information content (AvgIpc) is 3.44. The first-order chi connectivity index (χ1) is 15.5. The van der Waals surface area contributed by atoms with Gasteiger partial charge in [-0.05, 0) is 23.8 Å². The van der Waals surface area contributed by atoms with Crippen LogP contribution in [0.2, 0.25) is 0 Å². The van der Waals surface area contributed by atoms with E-state index in [1.165, 1.54) is 24.6 Å². The summed E-state index contributed by atoms with van der Waals surface area (Å²) in [5.74, 6) is 0.675. The molecule has 0 aliphatic carbocycles. The van der Waals surface area contributed by atoms with E-state index >= 15 is 0 Å². The molecular weight excluding hydrogens is 432 g/mol. The van der Waals surface area contributed by atoms with Gasteiger partial charge in [-0.1, -0.05) is 41.6 Å². The van der Waals surface area contributed by atoms with Crippen LogP contribution in [0.15, 0.2) is 65.3 Å². The van der Waals surface area contributed by atoms with Crippen LogP contribution < -0.4 is 20.5 Å². The second-order valence-electron chi connectivity index (χ2n) is 6.66. The van der Waals surface area contributed by atoms with Crippen LogP contribution in [0.3, 0.4) is 0 Å². The van der Waals surface area contributed by atoms with Gasteiger partial charge in [0, 0.05) is 10.1 Å². The van der Waals surface area contributed by atoms with Crippen LogP contribution in [0.5, 0.6) is 11.7 Å². The van der Waals surface area contributed by atoms with Gasteiger partial charge >= 0.3 is 12.0 Å². The van der Waals surface area contributed by atoms with E-state index in [0.717, 1.165) is 15.6 Å². The fourth-order valence-electron chi connectivity index (χ4n) is 3.05. The Hall–Kier alpha value is -4.05. The molecule has 4 rings (SSSR count). The van der Waals surface area contributed by atoms with Crippen LogP contribution >= 0.6 is 11.3 Å². The molecule has 0 bridgehead atoms. The molecule has 1 unspecified atom stereocenters. The van der Waals surface area contributed by atoms with E-state index in [2.05, 4.69) is 10.5 Å². The zero-order valence-corrected chi connectivity index (χ0v) is 17.8. The van der Waals surface area contributed by atoms with Crippen molar-refractivity contribution in [3.63, 3.8) is 0 Å². The van der Waals surface area contributed by atoms with Crippen molar-refractivity contribution in [3.8, 4) is 11.7 Å². The van der Waals surface area contributed by atoms with Crippen molar-refractivity contribution >= 4 is 39.0 Å². The van der Waals surface area contributed by atoms with Crippen molar-refractivity contribution in [1.29, 1.82) is 5.41 Å². The van der Waals surface area contributed by atoms with Crippen LogP contribution in [0.1, 0.15) is 16.5 Å². The highest BCUT2D eigenvalue weighted by Gasteiger charge is 2.20. The van der Waals surface area contributed by atoms with E-state index in [1.807, 2.05) is 54.6 Å². The molecule has 2 aromatic heterocycles. The number of nitrogens with two attached hydrogens (primary N) is 1. The minimum atomic E-state index is -0.705. The third-order valence-electron chi connectivity index (χ3n) is 4.55. The number of ether oxygens (including phenoxy) is 3. The number of hydrogen-bond donors (Lipinski definition) is 3. The summed E-state index contributed by atoms with van der Waals surface area (Å²) in [6.07, 6.45) is 0.0380. The second kappa shape index (κ2) is 9.40. The van der Waals surface area contributed by atoms with Gasteiger partial charge in [0.1, 0.15) is 23.9 Å². The summed E-state index contributed by atoms with van der Waals surface area (Å²) in [5.41, 5.74) is 6.74. The van der Waals surface area contributed by atoms with Gasteiger partial charge in [-0.2, -0.15) is 0 Å². The van der Waals surface area contributed by atoms with Crippen LogP contribution in [0.4, 0.5) is 10.5 Å². The Morgan fingerprint density at radius 2 is 2.06 bits per heavy atom. The van der Waals surface area contributed by atoms with Crippen molar-refractivity contribution in [3.05, 3.63) is 71.2 Å². The molecule has 10 heteroatoms. The molecule has 0 fully saturated rings. The molecule has 1 amide bonds. The lowest BCUT2D eigenvalue weighted by atomic mass is 10.1. The predicted molar refractivity (Wildman–Crippen MR) is 121 cm³/mol. The summed E-state index contributed by atoms with van der Waals surface area (Å²) >= 11 is 1.41. The van der Waals surface area contributed by atoms with Crippen LogP contribution in [0.25, 0.3) is 10.1 Å². The first-order valence-electron chi connectivity index (χ1n) is 9.56. The maximum atomic E-state index is 12.3. The highest BCUT2D eigenvalue weighted by atomic mass is 32.1. The number of methoxy groups -OCH3 is 1. The highest BCUT2D eigenvalue weighted by molar-refractivity contribution is 7.20. The minimum Gasteiger partial charge on any atom is -0.481 e. The summed E-state index contributed by atoms with van der Waals surface area (Å²) in [6.45, 7) is -0.0521. The zero-order valence-electron chi connectivity index (χ0n) is 17.0. The van der Waals surface area contributed by atoms with Crippen LogP contribution in [-0.2, 0) is 4.74 Å². The van der Waals surface area contributed by atoms with Gasteiger partial charge in [0.05, 0.1) is 18.2 Å². The molecule has 0 saturated carbocycles. The maximum Gasteiger partial charge on any atom is 0.412 e. The minimum absolute atomic E-state index is 0.000860. The van der Waals surface area contributed by atoms with E-state index in [4.69, 9.17) is 29.9 Å². The molecule has 0 aliphatic heterocycles. The number of nitrogen functional groups attached to an aromatic ring is 1. The molecule has 2 heterocycles. The number of anilines is 1. The average molecular weight is 452 g/mol. The molecule has 32 heavy (non-hydrogen) atoms. The Labute approximate surface area is 187 Å². The number of amidine groups is 1. The van der Waals surface area contributed by atoms with E-state index in [0.29, 0.717) is 10.6 Å². The molecule has 9 nitrogen and oxygen atoms in total. The Balaban J connectivity index is 1.54. The van der Waals surface area contributed by atoms with Crippen molar-refractivity contribution in [1.82, 2.24) is 5.16 Å². The number of carbonyl (C=O) groups excluding carboxylic acids is 1. The smallest absolute Gasteiger partial charge is 0.412 e. The summed E-state index contributed by atoms with van der Waals surface area (Å²) in [4.78, 5) is 13.0. The Morgan fingerprint density at radius 3 is 2.81 bits per heavy atom. The molecule has 0 spiro atoms. The SMILES string of the molecule is COc1oncc1NC(=O)OCC(Oc1cccc2sc(C(=N)N)cc12)c1ccccc1.